The third kappa shape index (κ3) is 4.46. The summed E-state index contributed by atoms with van der Waals surface area (Å²) in [6.45, 7) is 0.933. The van der Waals surface area contributed by atoms with E-state index < -0.39 is 43.8 Å². The smallest absolute Gasteiger partial charge is 0.340 e. The average Bonchev–Trinajstić information content (AvgIpc) is 3.21. The van der Waals surface area contributed by atoms with Crippen LogP contribution in [-0.2, 0) is 29.4 Å². The van der Waals surface area contributed by atoms with E-state index in [2.05, 4.69) is 0 Å². The maximum absolute atomic E-state index is 13.5. The zero-order valence-corrected chi connectivity index (χ0v) is 17.6. The number of carbonyl (C=O) groups excluding carboxylic acids is 1. The maximum Gasteiger partial charge on any atom is 0.404 e. The van der Waals surface area contributed by atoms with Gasteiger partial charge >= 0.3 is 6.18 Å². The van der Waals surface area contributed by atoms with E-state index in [4.69, 9.17) is 16.9 Å². The highest BCUT2D eigenvalue weighted by Crippen LogP contribution is 2.37. The number of fused-ring (bicyclic) bond motifs is 1. The van der Waals surface area contributed by atoms with E-state index >= 15 is 0 Å². The van der Waals surface area contributed by atoms with Gasteiger partial charge in [-0.1, -0.05) is 17.7 Å². The Bertz CT molecular complexity index is 1200. The molecule has 0 unspecified atom stereocenters. The number of nitriles is 1. The lowest BCUT2D eigenvalue weighted by Crippen LogP contribution is -2.43. The van der Waals surface area contributed by atoms with Gasteiger partial charge in [0.25, 0.3) is 0 Å². The number of benzene rings is 1. The fraction of sp³-hybridized carbons (Fsp3) is 0.368. The normalized spacial score (nSPS) is 14.9. The summed E-state index contributed by atoms with van der Waals surface area (Å²) in [4.78, 5) is 12.4. The number of rotatable bonds is 6. The van der Waals surface area contributed by atoms with Crippen LogP contribution < -0.4 is 4.72 Å². The van der Waals surface area contributed by atoms with Gasteiger partial charge in [-0.05, 0) is 37.5 Å². The Kier molecular flexibility index (Phi) is 6.19. The Morgan fingerprint density at radius 1 is 1.39 bits per heavy atom. The Balaban J connectivity index is 2.00. The van der Waals surface area contributed by atoms with Crippen LogP contribution in [0.4, 0.5) is 17.6 Å². The summed E-state index contributed by atoms with van der Waals surface area (Å²) in [5.74, 6) is -1.35. The molecule has 0 spiro atoms. The lowest BCUT2D eigenvalue weighted by Gasteiger charge is -2.17. The van der Waals surface area contributed by atoms with E-state index in [0.717, 1.165) is 6.07 Å². The first-order valence-electron chi connectivity index (χ1n) is 9.08. The molecule has 1 atom stereocenters. The van der Waals surface area contributed by atoms with Crippen LogP contribution in [0.15, 0.2) is 23.1 Å². The minimum atomic E-state index is -4.80. The summed E-state index contributed by atoms with van der Waals surface area (Å²) >= 11 is 6.22. The van der Waals surface area contributed by atoms with Gasteiger partial charge in [-0.15, -0.1) is 0 Å². The van der Waals surface area contributed by atoms with Gasteiger partial charge in [0.2, 0.25) is 10.0 Å². The second kappa shape index (κ2) is 8.26. The van der Waals surface area contributed by atoms with Gasteiger partial charge in [-0.3, -0.25) is 4.79 Å². The first kappa shape index (κ1) is 23.2. The number of nitrogens with one attached hydrogen (secondary N) is 1. The number of ketones is 1. The van der Waals surface area contributed by atoms with Gasteiger partial charge in [-0.2, -0.15) is 23.2 Å². The SMILES string of the molecule is C[C@@H](NS(=O)(=O)c1c(Cl)c(C(=O)Cc2ccc(F)c(C#N)c2)n2c1CCC2)C(F)(F)F. The Hall–Kier alpha value is -2.42. The number of sulfonamides is 1. The summed E-state index contributed by atoms with van der Waals surface area (Å²) in [5, 5.41) is 8.48. The topological polar surface area (TPSA) is 92.0 Å². The molecule has 1 aliphatic rings. The lowest BCUT2D eigenvalue weighted by molar-refractivity contribution is -0.147. The molecule has 0 bridgehead atoms. The molecule has 0 fully saturated rings. The third-order valence-corrected chi connectivity index (χ3v) is 7.05. The van der Waals surface area contributed by atoms with Crippen LogP contribution in [0.2, 0.25) is 5.02 Å². The maximum atomic E-state index is 13.5. The van der Waals surface area contributed by atoms with Gasteiger partial charge in [-0.25, -0.2) is 12.8 Å². The van der Waals surface area contributed by atoms with Crippen LogP contribution in [0.25, 0.3) is 0 Å². The molecular weight excluding hydrogens is 462 g/mol. The highest BCUT2D eigenvalue weighted by atomic mass is 35.5. The fourth-order valence-electron chi connectivity index (χ4n) is 3.45. The van der Waals surface area contributed by atoms with Crippen molar-refractivity contribution < 1.29 is 30.8 Å². The quantitative estimate of drug-likeness (QED) is 0.506. The van der Waals surface area contributed by atoms with Crippen LogP contribution in [0.3, 0.4) is 0 Å². The van der Waals surface area contributed by atoms with Gasteiger partial charge < -0.3 is 4.57 Å². The van der Waals surface area contributed by atoms with Gasteiger partial charge in [0, 0.05) is 18.7 Å². The summed E-state index contributed by atoms with van der Waals surface area (Å²) in [5.41, 5.74) is 0.0651. The van der Waals surface area contributed by atoms with Crippen LogP contribution in [0, 0.1) is 17.1 Å². The van der Waals surface area contributed by atoms with Gasteiger partial charge in [0.05, 0.1) is 10.6 Å². The van der Waals surface area contributed by atoms with Crippen molar-refractivity contribution in [3.63, 3.8) is 0 Å². The van der Waals surface area contributed by atoms with E-state index in [0.29, 0.717) is 18.9 Å². The van der Waals surface area contributed by atoms with Crippen LogP contribution in [0.1, 0.15) is 40.7 Å². The zero-order valence-electron chi connectivity index (χ0n) is 16.1. The fourth-order valence-corrected chi connectivity index (χ4v) is 5.64. The van der Waals surface area contributed by atoms with Crippen molar-refractivity contribution in [1.82, 2.24) is 9.29 Å². The number of hydrogen-bond acceptors (Lipinski definition) is 4. The number of nitrogens with zero attached hydrogens (tertiary/aromatic N) is 2. The van der Waals surface area contributed by atoms with Crippen molar-refractivity contribution in [2.45, 2.75) is 49.8 Å². The molecule has 0 saturated heterocycles. The molecule has 0 aliphatic carbocycles. The molecule has 3 rings (SSSR count). The van der Waals surface area contributed by atoms with Crippen molar-refractivity contribution in [3.8, 4) is 6.07 Å². The summed E-state index contributed by atoms with van der Waals surface area (Å²) in [6, 6.07) is 2.84. The predicted octanol–water partition coefficient (Wildman–Crippen LogP) is 3.75. The molecule has 12 heteroatoms. The van der Waals surface area contributed by atoms with Crippen molar-refractivity contribution >= 4 is 27.4 Å². The van der Waals surface area contributed by atoms with E-state index in [1.807, 2.05) is 0 Å². The standard InChI is InChI=1S/C19H16ClF4N3O3S/c1-10(19(22,23)24)26-31(29,30)18-14-3-2-6-27(14)17(16(18)20)15(28)8-11-4-5-13(21)12(7-11)9-25/h4-5,7,10,26H,2-3,6,8H2,1H3/t10-/m1/s1. The summed E-state index contributed by atoms with van der Waals surface area (Å²) in [6.07, 6.45) is -4.40. The molecule has 2 heterocycles. The second-order valence-electron chi connectivity index (χ2n) is 7.10. The van der Waals surface area contributed by atoms with Gasteiger partial charge in [0.15, 0.2) is 5.78 Å². The molecular formula is C19H16ClF4N3O3S. The Morgan fingerprint density at radius 3 is 2.68 bits per heavy atom. The molecule has 2 aromatic rings. The van der Waals surface area contributed by atoms with E-state index in [9.17, 15) is 30.8 Å². The van der Waals surface area contributed by atoms with Crippen LogP contribution in [0.5, 0.6) is 0 Å². The monoisotopic (exact) mass is 477 g/mol. The van der Waals surface area contributed by atoms with Crippen LogP contribution >= 0.6 is 11.6 Å². The van der Waals surface area contributed by atoms with Crippen LogP contribution in [-0.4, -0.2) is 31.0 Å². The molecule has 0 amide bonds. The lowest BCUT2D eigenvalue weighted by atomic mass is 10.0. The number of Topliss-reactive ketones (excluding diaryl/α,β-unsaturated/α-hetero) is 1. The van der Waals surface area contributed by atoms with Crippen molar-refractivity contribution in [2.24, 2.45) is 0 Å². The molecule has 1 N–H and O–H groups in total. The first-order chi connectivity index (χ1) is 14.4. The molecule has 0 saturated carbocycles. The number of hydrogen-bond donors (Lipinski definition) is 1. The summed E-state index contributed by atoms with van der Waals surface area (Å²) in [7, 11) is -4.67. The molecule has 1 aromatic heterocycles. The molecule has 1 aliphatic heterocycles. The van der Waals surface area contributed by atoms with E-state index in [-0.39, 0.29) is 36.3 Å². The number of aromatic nitrogens is 1. The predicted molar refractivity (Wildman–Crippen MR) is 103 cm³/mol. The van der Waals surface area contributed by atoms with E-state index in [1.54, 1.807) is 10.8 Å². The number of halogens is 5. The molecule has 31 heavy (non-hydrogen) atoms. The van der Waals surface area contributed by atoms with Crippen molar-refractivity contribution in [1.29, 1.82) is 5.26 Å². The Labute approximate surface area is 180 Å². The minimum absolute atomic E-state index is 0.142. The molecule has 1 aromatic carbocycles. The minimum Gasteiger partial charge on any atom is -0.340 e. The highest BCUT2D eigenvalue weighted by molar-refractivity contribution is 7.89. The molecule has 166 valence electrons. The highest BCUT2D eigenvalue weighted by Gasteiger charge is 2.42. The van der Waals surface area contributed by atoms with Crippen molar-refractivity contribution in [3.05, 3.63) is 51.6 Å². The number of alkyl halides is 3. The van der Waals surface area contributed by atoms with Gasteiger partial charge in [0.1, 0.15) is 28.5 Å². The average molecular weight is 478 g/mol. The van der Waals surface area contributed by atoms with E-state index in [1.165, 1.54) is 16.7 Å². The first-order valence-corrected chi connectivity index (χ1v) is 10.9. The molecule has 6 nitrogen and oxygen atoms in total. The Morgan fingerprint density at radius 2 is 2.06 bits per heavy atom. The number of carbonyl (C=O) groups is 1. The summed E-state index contributed by atoms with van der Waals surface area (Å²) < 4.78 is 80.4. The largest absolute Gasteiger partial charge is 0.404 e. The zero-order chi connectivity index (χ0) is 23.1. The second-order valence-corrected chi connectivity index (χ2v) is 9.13. The van der Waals surface area contributed by atoms with Crippen molar-refractivity contribution in [2.75, 3.05) is 0 Å². The third-order valence-electron chi connectivity index (χ3n) is 4.93. The molecule has 0 radical (unpaired) electrons.